The molecule has 0 aliphatic heterocycles. The van der Waals surface area contributed by atoms with Crippen LogP contribution in [0.5, 0.6) is 0 Å². The van der Waals surface area contributed by atoms with Crippen LogP contribution in [0.2, 0.25) is 0 Å². The van der Waals surface area contributed by atoms with Gasteiger partial charge in [-0.15, -0.1) is 0 Å². The topological polar surface area (TPSA) is 95.9 Å². The number of carbonyl (C=O) groups excluding carboxylic acids is 2. The van der Waals surface area contributed by atoms with Gasteiger partial charge in [-0.2, -0.15) is 0 Å². The maximum absolute atomic E-state index is 12.5. The number of esters is 1. The molecule has 0 aromatic heterocycles. The number of hydrogen-bond donors (Lipinski definition) is 3. The average Bonchev–Trinajstić information content (AvgIpc) is 3.43. The lowest BCUT2D eigenvalue weighted by molar-refractivity contribution is -0.143. The van der Waals surface area contributed by atoms with E-state index in [4.69, 9.17) is 4.74 Å². The van der Waals surface area contributed by atoms with Crippen molar-refractivity contribution in [1.82, 2.24) is 5.32 Å². The van der Waals surface area contributed by atoms with E-state index < -0.39 is 12.1 Å². The van der Waals surface area contributed by atoms with Crippen LogP contribution in [0.3, 0.4) is 0 Å². The Morgan fingerprint density at radius 2 is 0.597 bits per heavy atom. The Balaban J connectivity index is 3.29. The summed E-state index contributed by atoms with van der Waals surface area (Å²) in [5, 5.41) is 23.1. The molecule has 0 saturated heterocycles. The lowest BCUT2D eigenvalue weighted by Gasteiger charge is -2.20. The van der Waals surface area contributed by atoms with E-state index in [1.807, 2.05) is 6.08 Å². The number of allylic oxidation sites excluding steroid dienone is 1. The summed E-state index contributed by atoms with van der Waals surface area (Å²) < 4.78 is 5.48. The van der Waals surface area contributed by atoms with Gasteiger partial charge in [-0.25, -0.2) is 0 Å². The number of rotatable bonds is 67. The van der Waals surface area contributed by atoms with E-state index in [0.717, 1.165) is 38.5 Å². The fourth-order valence-corrected chi connectivity index (χ4v) is 11.4. The maximum Gasteiger partial charge on any atom is 0.305 e. The van der Waals surface area contributed by atoms with Gasteiger partial charge in [0.2, 0.25) is 5.91 Å². The quantitative estimate of drug-likeness (QED) is 0.0320. The molecule has 0 radical (unpaired) electrons. The van der Waals surface area contributed by atoms with Crippen LogP contribution in [-0.2, 0) is 14.3 Å². The van der Waals surface area contributed by atoms with Gasteiger partial charge in [-0.05, 0) is 32.1 Å². The van der Waals surface area contributed by atoms with Crippen molar-refractivity contribution in [2.75, 3.05) is 13.2 Å². The lowest BCUT2D eigenvalue weighted by atomic mass is 10.0. The Morgan fingerprint density at radius 3 is 0.883 bits per heavy atom. The predicted molar refractivity (Wildman–Crippen MR) is 338 cm³/mol. The number of carbonyl (C=O) groups is 2. The first-order chi connectivity index (χ1) is 38.0. The van der Waals surface area contributed by atoms with E-state index in [0.29, 0.717) is 19.4 Å². The Bertz CT molecular complexity index is 1160. The Kier molecular flexibility index (Phi) is 65.9. The molecule has 6 heteroatoms. The van der Waals surface area contributed by atoms with Crippen LogP contribution in [0.4, 0.5) is 0 Å². The number of aliphatic hydroxyl groups is 2. The van der Waals surface area contributed by atoms with E-state index in [9.17, 15) is 19.8 Å². The summed E-state index contributed by atoms with van der Waals surface area (Å²) in [5.74, 6) is -0.0373. The second-order valence-electron chi connectivity index (χ2n) is 24.6. The van der Waals surface area contributed by atoms with E-state index in [2.05, 4.69) is 19.2 Å². The predicted octanol–water partition coefficient (Wildman–Crippen LogP) is 22.8. The molecule has 2 atom stereocenters. The van der Waals surface area contributed by atoms with Gasteiger partial charge in [0, 0.05) is 12.8 Å². The first kappa shape index (κ1) is 75.6. The zero-order valence-corrected chi connectivity index (χ0v) is 52.5. The third-order valence-electron chi connectivity index (χ3n) is 16.8. The summed E-state index contributed by atoms with van der Waals surface area (Å²) in [6, 6.07) is -0.621. The molecule has 458 valence electrons. The molecule has 0 fully saturated rings. The van der Waals surface area contributed by atoms with Gasteiger partial charge >= 0.3 is 5.97 Å². The average molecular weight is 1090 g/mol. The summed E-state index contributed by atoms with van der Waals surface area (Å²) in [6.45, 7) is 4.93. The molecule has 0 aromatic carbocycles. The molecule has 3 N–H and O–H groups in total. The van der Waals surface area contributed by atoms with Gasteiger partial charge in [-0.1, -0.05) is 373 Å². The highest BCUT2D eigenvalue weighted by atomic mass is 16.5. The largest absolute Gasteiger partial charge is 0.466 e. The molecule has 2 unspecified atom stereocenters. The third kappa shape index (κ3) is 63.6. The van der Waals surface area contributed by atoms with Crippen LogP contribution in [0.25, 0.3) is 0 Å². The normalized spacial score (nSPS) is 12.5. The van der Waals surface area contributed by atoms with E-state index >= 15 is 0 Å². The molecule has 0 bridgehead atoms. The molecule has 0 saturated carbocycles. The van der Waals surface area contributed by atoms with E-state index in [1.54, 1.807) is 6.08 Å². The molecule has 6 nitrogen and oxygen atoms in total. The highest BCUT2D eigenvalue weighted by molar-refractivity contribution is 5.76. The zero-order chi connectivity index (χ0) is 55.7. The lowest BCUT2D eigenvalue weighted by Crippen LogP contribution is -2.45. The van der Waals surface area contributed by atoms with E-state index in [-0.39, 0.29) is 18.5 Å². The number of hydrogen-bond acceptors (Lipinski definition) is 5. The summed E-state index contributed by atoms with van der Waals surface area (Å²) >= 11 is 0. The summed E-state index contributed by atoms with van der Waals surface area (Å²) in [5.41, 5.74) is 0. The van der Waals surface area contributed by atoms with Gasteiger partial charge < -0.3 is 20.3 Å². The minimum Gasteiger partial charge on any atom is -0.466 e. The van der Waals surface area contributed by atoms with Gasteiger partial charge in [0.05, 0.1) is 25.4 Å². The second-order valence-corrected chi connectivity index (χ2v) is 24.6. The van der Waals surface area contributed by atoms with Crippen LogP contribution >= 0.6 is 0 Å². The summed E-state index contributed by atoms with van der Waals surface area (Å²) in [7, 11) is 0. The minimum atomic E-state index is -0.838. The Hall–Kier alpha value is -1.40. The SMILES string of the molecule is CCCCCCCCCCCC/C=C/C(O)C(CO)NC(=O)CCCCCCCCCCCCCCCCCCCCCCCCCCCCCCCCCCCCCCCOC(=O)CCCCCCCCCCCCC. The fraction of sp³-hybridized carbons (Fsp3) is 0.944. The molecule has 0 heterocycles. The molecule has 0 aromatic rings. The molecule has 0 aliphatic rings. The van der Waals surface area contributed by atoms with Crippen LogP contribution < -0.4 is 5.32 Å². The minimum absolute atomic E-state index is 0.0235. The number of amides is 1. The van der Waals surface area contributed by atoms with Crippen LogP contribution in [-0.4, -0.2) is 47.4 Å². The monoisotopic (exact) mass is 1090 g/mol. The molecule has 1 amide bonds. The van der Waals surface area contributed by atoms with Crippen molar-refractivity contribution in [3.63, 3.8) is 0 Å². The number of unbranched alkanes of at least 4 members (excludes halogenated alkanes) is 56. The van der Waals surface area contributed by atoms with Crippen molar-refractivity contribution in [3.05, 3.63) is 12.2 Å². The van der Waals surface area contributed by atoms with Crippen LogP contribution in [0.1, 0.15) is 406 Å². The van der Waals surface area contributed by atoms with Crippen molar-refractivity contribution in [2.24, 2.45) is 0 Å². The third-order valence-corrected chi connectivity index (χ3v) is 16.8. The number of aliphatic hydroxyl groups excluding tert-OH is 2. The molecular weight excluding hydrogens is 947 g/mol. The molecule has 0 aliphatic carbocycles. The van der Waals surface area contributed by atoms with Crippen LogP contribution in [0.15, 0.2) is 12.2 Å². The zero-order valence-electron chi connectivity index (χ0n) is 52.5. The second kappa shape index (κ2) is 67.1. The standard InChI is InChI=1S/C71H139NO5/c1-3-5-7-9-11-13-15-44-47-51-55-59-63-69(74)68(67-73)72-70(75)64-60-56-52-48-45-41-39-37-35-33-31-29-27-25-23-21-19-17-16-18-20-22-24-26-28-30-32-34-36-38-40-42-46-50-54-58-62-66-77-71(76)65-61-57-53-49-43-14-12-10-8-6-4-2/h59,63,68-69,73-74H,3-58,60-62,64-67H2,1-2H3,(H,72,75)/b63-59+. The number of ether oxygens (including phenoxy) is 1. The van der Waals surface area contributed by atoms with Gasteiger partial charge in [0.1, 0.15) is 0 Å². The van der Waals surface area contributed by atoms with Gasteiger partial charge in [0.15, 0.2) is 0 Å². The summed E-state index contributed by atoms with van der Waals surface area (Å²) in [6.07, 6.45) is 83.2. The first-order valence-corrected chi connectivity index (χ1v) is 35.5. The first-order valence-electron chi connectivity index (χ1n) is 35.5. The fourth-order valence-electron chi connectivity index (χ4n) is 11.4. The highest BCUT2D eigenvalue weighted by Gasteiger charge is 2.18. The van der Waals surface area contributed by atoms with Crippen molar-refractivity contribution in [2.45, 2.75) is 418 Å². The van der Waals surface area contributed by atoms with Crippen molar-refractivity contribution >= 4 is 11.9 Å². The molecule has 0 spiro atoms. The van der Waals surface area contributed by atoms with Crippen molar-refractivity contribution in [1.29, 1.82) is 0 Å². The molecular formula is C71H139NO5. The molecule has 77 heavy (non-hydrogen) atoms. The Morgan fingerprint density at radius 1 is 0.351 bits per heavy atom. The molecule has 0 rings (SSSR count). The Labute approximate surface area is 482 Å². The summed E-state index contributed by atoms with van der Waals surface area (Å²) in [4.78, 5) is 24.5. The van der Waals surface area contributed by atoms with Gasteiger partial charge in [0.25, 0.3) is 0 Å². The highest BCUT2D eigenvalue weighted by Crippen LogP contribution is 2.19. The van der Waals surface area contributed by atoms with Crippen molar-refractivity contribution < 1.29 is 24.5 Å². The smallest absolute Gasteiger partial charge is 0.305 e. The van der Waals surface area contributed by atoms with Crippen LogP contribution in [0, 0.1) is 0 Å². The van der Waals surface area contributed by atoms with Crippen molar-refractivity contribution in [3.8, 4) is 0 Å². The maximum atomic E-state index is 12.5. The van der Waals surface area contributed by atoms with E-state index in [1.165, 1.54) is 340 Å². The number of nitrogens with one attached hydrogen (secondary N) is 1. The van der Waals surface area contributed by atoms with Gasteiger partial charge in [-0.3, -0.25) is 9.59 Å².